The number of nitrogens with one attached hydrogen (secondary N) is 1. The van der Waals surface area contributed by atoms with Crippen molar-refractivity contribution in [3.8, 4) is 23.0 Å². The number of para-hydroxylation sites is 1. The Morgan fingerprint density at radius 2 is 1.52 bits per heavy atom. The van der Waals surface area contributed by atoms with Crippen LogP contribution >= 0.6 is 0 Å². The molecule has 4 rings (SSSR count). The standard InChI is InChI=1S/C24H23NO6/c1-14(30-17-10-15(27-2)9-16(11-17)28-3)24(26)25-20-13-22-19(12-23(20)29-4)18-7-5-6-8-21(18)31-22/h5-14H,1-4H3,(H,25,26)/t14-/m1/s1. The van der Waals surface area contributed by atoms with Crippen LogP contribution in [0, 0.1) is 0 Å². The summed E-state index contributed by atoms with van der Waals surface area (Å²) in [4.78, 5) is 12.8. The van der Waals surface area contributed by atoms with E-state index in [1.165, 1.54) is 0 Å². The molecule has 7 heteroatoms. The van der Waals surface area contributed by atoms with Gasteiger partial charge in [0.15, 0.2) is 6.10 Å². The predicted octanol–water partition coefficient (Wildman–Crippen LogP) is 5.02. The number of methoxy groups -OCH3 is 3. The number of hydrogen-bond acceptors (Lipinski definition) is 6. The van der Waals surface area contributed by atoms with Gasteiger partial charge in [0.25, 0.3) is 5.91 Å². The van der Waals surface area contributed by atoms with Gasteiger partial charge in [-0.05, 0) is 19.1 Å². The number of carbonyl (C=O) groups is 1. The van der Waals surface area contributed by atoms with Crippen LogP contribution in [0.3, 0.4) is 0 Å². The normalized spacial score (nSPS) is 11.9. The van der Waals surface area contributed by atoms with Crippen molar-refractivity contribution in [3.05, 3.63) is 54.6 Å². The van der Waals surface area contributed by atoms with Crippen molar-refractivity contribution in [2.75, 3.05) is 26.6 Å². The summed E-state index contributed by atoms with van der Waals surface area (Å²) in [7, 11) is 4.66. The van der Waals surface area contributed by atoms with Gasteiger partial charge in [0.1, 0.15) is 34.2 Å². The zero-order valence-corrected chi connectivity index (χ0v) is 17.7. The number of rotatable bonds is 7. The summed E-state index contributed by atoms with van der Waals surface area (Å²) in [6.45, 7) is 1.66. The van der Waals surface area contributed by atoms with E-state index in [1.54, 1.807) is 52.5 Å². The number of benzene rings is 3. The van der Waals surface area contributed by atoms with Gasteiger partial charge in [-0.1, -0.05) is 18.2 Å². The average Bonchev–Trinajstić information content (AvgIpc) is 3.15. The van der Waals surface area contributed by atoms with Gasteiger partial charge in [-0.3, -0.25) is 4.79 Å². The molecule has 0 radical (unpaired) electrons. The Labute approximate surface area is 179 Å². The monoisotopic (exact) mass is 421 g/mol. The summed E-state index contributed by atoms with van der Waals surface area (Å²) >= 11 is 0. The molecule has 160 valence electrons. The molecule has 1 atom stereocenters. The molecule has 31 heavy (non-hydrogen) atoms. The Balaban J connectivity index is 1.58. The topological polar surface area (TPSA) is 79.2 Å². The summed E-state index contributed by atoms with van der Waals surface area (Å²) in [5.74, 6) is 1.79. The SMILES string of the molecule is COc1cc(OC)cc(O[C@H](C)C(=O)Nc2cc3oc4ccccc4c3cc2OC)c1. The van der Waals surface area contributed by atoms with Crippen molar-refractivity contribution in [1.29, 1.82) is 0 Å². The van der Waals surface area contributed by atoms with E-state index in [0.717, 1.165) is 16.4 Å². The van der Waals surface area contributed by atoms with Crippen molar-refractivity contribution in [3.63, 3.8) is 0 Å². The largest absolute Gasteiger partial charge is 0.496 e. The van der Waals surface area contributed by atoms with Crippen LogP contribution in [-0.2, 0) is 4.79 Å². The zero-order chi connectivity index (χ0) is 22.0. The van der Waals surface area contributed by atoms with Gasteiger partial charge in [0, 0.05) is 35.0 Å². The van der Waals surface area contributed by atoms with Crippen molar-refractivity contribution in [2.24, 2.45) is 0 Å². The van der Waals surface area contributed by atoms with Crippen LogP contribution in [0.2, 0.25) is 0 Å². The first-order chi connectivity index (χ1) is 15.0. The molecular formula is C24H23NO6. The first kappa shape index (κ1) is 20.4. The Morgan fingerprint density at radius 1 is 0.839 bits per heavy atom. The second kappa shape index (κ2) is 8.47. The molecule has 0 saturated heterocycles. The Hall–Kier alpha value is -3.87. The molecular weight excluding hydrogens is 398 g/mol. The minimum Gasteiger partial charge on any atom is -0.496 e. The first-order valence-electron chi connectivity index (χ1n) is 9.72. The molecule has 4 aromatic rings. The van der Waals surface area contributed by atoms with Crippen LogP contribution < -0.4 is 24.3 Å². The molecule has 1 amide bonds. The molecule has 1 aromatic heterocycles. The number of hydrogen-bond donors (Lipinski definition) is 1. The maximum absolute atomic E-state index is 12.8. The Morgan fingerprint density at radius 3 is 2.19 bits per heavy atom. The van der Waals surface area contributed by atoms with Crippen molar-refractivity contribution < 1.29 is 28.2 Å². The van der Waals surface area contributed by atoms with Gasteiger partial charge in [-0.15, -0.1) is 0 Å². The smallest absolute Gasteiger partial charge is 0.265 e. The Kier molecular flexibility index (Phi) is 5.58. The average molecular weight is 421 g/mol. The molecule has 0 fully saturated rings. The van der Waals surface area contributed by atoms with Crippen LogP contribution in [0.5, 0.6) is 23.0 Å². The third-order valence-electron chi connectivity index (χ3n) is 4.96. The third kappa shape index (κ3) is 4.07. The first-order valence-corrected chi connectivity index (χ1v) is 9.72. The molecule has 0 aliphatic rings. The van der Waals surface area contributed by atoms with Gasteiger partial charge in [0.2, 0.25) is 0 Å². The molecule has 1 N–H and O–H groups in total. The van der Waals surface area contributed by atoms with Gasteiger partial charge >= 0.3 is 0 Å². The molecule has 0 bridgehead atoms. The highest BCUT2D eigenvalue weighted by Crippen LogP contribution is 2.36. The predicted molar refractivity (Wildman–Crippen MR) is 119 cm³/mol. The summed E-state index contributed by atoms with van der Waals surface area (Å²) in [6.07, 6.45) is -0.784. The number of furan rings is 1. The van der Waals surface area contributed by atoms with E-state index >= 15 is 0 Å². The molecule has 3 aromatic carbocycles. The highest BCUT2D eigenvalue weighted by Gasteiger charge is 2.19. The maximum atomic E-state index is 12.8. The van der Waals surface area contributed by atoms with Gasteiger partial charge < -0.3 is 28.7 Å². The highest BCUT2D eigenvalue weighted by atomic mass is 16.5. The number of anilines is 1. The zero-order valence-electron chi connectivity index (χ0n) is 17.7. The second-order valence-electron chi connectivity index (χ2n) is 6.94. The van der Waals surface area contributed by atoms with E-state index in [1.807, 2.05) is 30.3 Å². The maximum Gasteiger partial charge on any atom is 0.265 e. The van der Waals surface area contributed by atoms with Crippen molar-refractivity contribution in [1.82, 2.24) is 0 Å². The van der Waals surface area contributed by atoms with Gasteiger partial charge in [-0.25, -0.2) is 0 Å². The number of fused-ring (bicyclic) bond motifs is 3. The van der Waals surface area contributed by atoms with Crippen LogP contribution in [0.15, 0.2) is 59.0 Å². The summed E-state index contributed by atoms with van der Waals surface area (Å²) < 4.78 is 27.7. The third-order valence-corrected chi connectivity index (χ3v) is 4.96. The van der Waals surface area contributed by atoms with Gasteiger partial charge in [-0.2, -0.15) is 0 Å². The second-order valence-corrected chi connectivity index (χ2v) is 6.94. The van der Waals surface area contributed by atoms with E-state index in [0.29, 0.717) is 34.3 Å². The minimum absolute atomic E-state index is 0.337. The van der Waals surface area contributed by atoms with E-state index in [4.69, 9.17) is 23.4 Å². The van der Waals surface area contributed by atoms with Gasteiger partial charge in [0.05, 0.1) is 27.0 Å². The van der Waals surface area contributed by atoms with Crippen LogP contribution in [0.25, 0.3) is 21.9 Å². The van der Waals surface area contributed by atoms with E-state index in [2.05, 4.69) is 5.32 Å². The molecule has 1 heterocycles. The molecule has 0 aliphatic carbocycles. The van der Waals surface area contributed by atoms with E-state index < -0.39 is 6.10 Å². The minimum atomic E-state index is -0.784. The molecule has 0 aliphatic heterocycles. The van der Waals surface area contributed by atoms with Crippen LogP contribution in [0.1, 0.15) is 6.92 Å². The molecule has 7 nitrogen and oxygen atoms in total. The van der Waals surface area contributed by atoms with Crippen molar-refractivity contribution >= 4 is 33.5 Å². The van der Waals surface area contributed by atoms with Crippen LogP contribution in [-0.4, -0.2) is 33.3 Å². The lowest BCUT2D eigenvalue weighted by Crippen LogP contribution is -2.30. The molecule has 0 unspecified atom stereocenters. The Bertz CT molecular complexity index is 1220. The summed E-state index contributed by atoms with van der Waals surface area (Å²) in [5, 5.41) is 4.76. The number of amides is 1. The number of ether oxygens (including phenoxy) is 4. The molecule has 0 spiro atoms. The van der Waals surface area contributed by atoms with Crippen LogP contribution in [0.4, 0.5) is 5.69 Å². The van der Waals surface area contributed by atoms with Crippen molar-refractivity contribution in [2.45, 2.75) is 13.0 Å². The summed E-state index contributed by atoms with van der Waals surface area (Å²) in [6, 6.07) is 16.5. The summed E-state index contributed by atoms with van der Waals surface area (Å²) in [5.41, 5.74) is 1.92. The molecule has 0 saturated carbocycles. The highest BCUT2D eigenvalue weighted by molar-refractivity contribution is 6.08. The fraction of sp³-hybridized carbons (Fsp3) is 0.208. The number of carbonyl (C=O) groups excluding carboxylic acids is 1. The van der Waals surface area contributed by atoms with E-state index in [9.17, 15) is 4.79 Å². The quantitative estimate of drug-likeness (QED) is 0.452. The van der Waals surface area contributed by atoms with E-state index in [-0.39, 0.29) is 5.91 Å². The fourth-order valence-electron chi connectivity index (χ4n) is 3.36. The lowest BCUT2D eigenvalue weighted by Gasteiger charge is -2.17. The fourth-order valence-corrected chi connectivity index (χ4v) is 3.36. The lowest BCUT2D eigenvalue weighted by atomic mass is 10.1. The lowest BCUT2D eigenvalue weighted by molar-refractivity contribution is -0.122.